The Bertz CT molecular complexity index is 309. The van der Waals surface area contributed by atoms with E-state index >= 15 is 0 Å². The Morgan fingerprint density at radius 2 is 2.47 bits per heavy atom. The zero-order valence-electron chi connectivity index (χ0n) is 8.85. The molecule has 1 heterocycles. The summed E-state index contributed by atoms with van der Waals surface area (Å²) in [4.78, 5) is 15.1. The molecule has 0 atom stereocenters. The Labute approximate surface area is 88.7 Å². The Hall–Kier alpha value is -1.36. The van der Waals surface area contributed by atoms with Gasteiger partial charge in [0, 0.05) is 6.20 Å². The number of hydrogen-bond donors (Lipinski definition) is 1. The van der Waals surface area contributed by atoms with Gasteiger partial charge in [-0.3, -0.25) is 4.79 Å². The fourth-order valence-corrected chi connectivity index (χ4v) is 1.10. The smallest absolute Gasteiger partial charge is 0.325 e. The van der Waals surface area contributed by atoms with E-state index in [1.807, 2.05) is 6.92 Å². The Kier molecular flexibility index (Phi) is 4.83. The number of aliphatic hydroxyl groups excluding tert-OH is 1. The van der Waals surface area contributed by atoms with E-state index in [0.29, 0.717) is 12.3 Å². The standard InChI is InChI=1S/C10H16N2O3/c1-2-3-4-15-10(14)6-12-5-9(7-13)11-8-12/h5,8,13H,2-4,6-7H2,1H3. The lowest BCUT2D eigenvalue weighted by atomic mass is 10.4. The van der Waals surface area contributed by atoms with Crippen molar-refractivity contribution in [1.82, 2.24) is 9.55 Å². The van der Waals surface area contributed by atoms with E-state index in [4.69, 9.17) is 9.84 Å². The molecular formula is C10H16N2O3. The van der Waals surface area contributed by atoms with Crippen LogP contribution in [0.4, 0.5) is 0 Å². The first-order valence-corrected chi connectivity index (χ1v) is 5.03. The lowest BCUT2D eigenvalue weighted by Gasteiger charge is -2.03. The molecule has 0 spiro atoms. The number of esters is 1. The lowest BCUT2D eigenvalue weighted by Crippen LogP contribution is -2.13. The molecule has 0 saturated carbocycles. The largest absolute Gasteiger partial charge is 0.464 e. The van der Waals surface area contributed by atoms with Crippen molar-refractivity contribution in [2.45, 2.75) is 32.9 Å². The van der Waals surface area contributed by atoms with E-state index in [-0.39, 0.29) is 19.1 Å². The van der Waals surface area contributed by atoms with Gasteiger partial charge in [-0.15, -0.1) is 0 Å². The van der Waals surface area contributed by atoms with Crippen molar-refractivity contribution in [2.24, 2.45) is 0 Å². The molecule has 0 aliphatic heterocycles. The number of carbonyl (C=O) groups is 1. The number of imidazole rings is 1. The second kappa shape index (κ2) is 6.19. The third kappa shape index (κ3) is 4.12. The summed E-state index contributed by atoms with van der Waals surface area (Å²) in [7, 11) is 0. The molecule has 0 aromatic carbocycles. The minimum Gasteiger partial charge on any atom is -0.464 e. The van der Waals surface area contributed by atoms with Gasteiger partial charge in [-0.1, -0.05) is 13.3 Å². The van der Waals surface area contributed by atoms with Crippen LogP contribution in [0.1, 0.15) is 25.5 Å². The van der Waals surface area contributed by atoms with E-state index in [1.54, 1.807) is 10.8 Å². The van der Waals surface area contributed by atoms with Crippen LogP contribution in [0.5, 0.6) is 0 Å². The van der Waals surface area contributed by atoms with Crippen LogP contribution in [0.15, 0.2) is 12.5 Å². The number of nitrogens with zero attached hydrogens (tertiary/aromatic N) is 2. The van der Waals surface area contributed by atoms with Gasteiger partial charge < -0.3 is 14.4 Å². The van der Waals surface area contributed by atoms with Crippen LogP contribution in [0.25, 0.3) is 0 Å². The van der Waals surface area contributed by atoms with Crippen LogP contribution in [-0.4, -0.2) is 27.2 Å². The maximum Gasteiger partial charge on any atom is 0.325 e. The van der Waals surface area contributed by atoms with Crippen LogP contribution in [-0.2, 0) is 22.7 Å². The van der Waals surface area contributed by atoms with Gasteiger partial charge in [-0.25, -0.2) is 4.98 Å². The van der Waals surface area contributed by atoms with Crippen LogP contribution < -0.4 is 0 Å². The molecule has 0 saturated heterocycles. The number of ether oxygens (including phenoxy) is 1. The third-order valence-corrected chi connectivity index (χ3v) is 1.92. The van der Waals surface area contributed by atoms with Crippen LogP contribution in [0.3, 0.4) is 0 Å². The minimum atomic E-state index is -0.273. The van der Waals surface area contributed by atoms with Crippen molar-refractivity contribution in [3.8, 4) is 0 Å². The molecule has 0 radical (unpaired) electrons. The van der Waals surface area contributed by atoms with E-state index in [9.17, 15) is 4.79 Å². The van der Waals surface area contributed by atoms with E-state index in [1.165, 1.54) is 6.33 Å². The van der Waals surface area contributed by atoms with E-state index < -0.39 is 0 Å². The molecule has 1 aromatic rings. The van der Waals surface area contributed by atoms with Gasteiger partial charge in [0.2, 0.25) is 0 Å². The number of unbranched alkanes of at least 4 members (excludes halogenated alkanes) is 1. The molecule has 1 rings (SSSR count). The lowest BCUT2D eigenvalue weighted by molar-refractivity contribution is -0.144. The highest BCUT2D eigenvalue weighted by Crippen LogP contribution is 1.97. The number of carbonyl (C=O) groups excluding carboxylic acids is 1. The summed E-state index contributed by atoms with van der Waals surface area (Å²) in [5, 5.41) is 8.77. The predicted octanol–water partition coefficient (Wildman–Crippen LogP) is 0.719. The summed E-state index contributed by atoms with van der Waals surface area (Å²) in [6, 6.07) is 0. The van der Waals surface area contributed by atoms with Crippen molar-refractivity contribution in [2.75, 3.05) is 6.61 Å². The highest BCUT2D eigenvalue weighted by Gasteiger charge is 2.04. The fraction of sp³-hybridized carbons (Fsp3) is 0.600. The molecule has 0 aliphatic carbocycles. The first kappa shape index (κ1) is 11.7. The Morgan fingerprint density at radius 3 is 3.07 bits per heavy atom. The normalized spacial score (nSPS) is 10.3. The SMILES string of the molecule is CCCCOC(=O)Cn1cnc(CO)c1. The topological polar surface area (TPSA) is 64.4 Å². The summed E-state index contributed by atoms with van der Waals surface area (Å²) in [6.45, 7) is 2.54. The molecule has 84 valence electrons. The molecule has 0 amide bonds. The molecule has 15 heavy (non-hydrogen) atoms. The predicted molar refractivity (Wildman–Crippen MR) is 54.0 cm³/mol. The molecule has 0 fully saturated rings. The monoisotopic (exact) mass is 212 g/mol. The van der Waals surface area contributed by atoms with Gasteiger partial charge >= 0.3 is 5.97 Å². The second-order valence-corrected chi connectivity index (χ2v) is 3.27. The zero-order chi connectivity index (χ0) is 11.1. The zero-order valence-corrected chi connectivity index (χ0v) is 8.85. The average molecular weight is 212 g/mol. The summed E-state index contributed by atoms with van der Waals surface area (Å²) >= 11 is 0. The summed E-state index contributed by atoms with van der Waals surface area (Å²) < 4.78 is 6.58. The van der Waals surface area contributed by atoms with Gasteiger partial charge in [-0.2, -0.15) is 0 Å². The summed E-state index contributed by atoms with van der Waals surface area (Å²) in [5.41, 5.74) is 0.552. The third-order valence-electron chi connectivity index (χ3n) is 1.92. The number of aromatic nitrogens is 2. The van der Waals surface area contributed by atoms with Crippen LogP contribution >= 0.6 is 0 Å². The fourth-order valence-electron chi connectivity index (χ4n) is 1.10. The van der Waals surface area contributed by atoms with Gasteiger partial charge in [0.25, 0.3) is 0 Å². The molecule has 5 heteroatoms. The first-order chi connectivity index (χ1) is 7.26. The van der Waals surface area contributed by atoms with Crippen molar-refractivity contribution in [1.29, 1.82) is 0 Å². The molecule has 5 nitrogen and oxygen atoms in total. The number of hydrogen-bond acceptors (Lipinski definition) is 4. The number of rotatable bonds is 6. The average Bonchev–Trinajstić information content (AvgIpc) is 2.66. The molecule has 0 unspecified atom stereocenters. The van der Waals surface area contributed by atoms with Crippen molar-refractivity contribution in [3.05, 3.63) is 18.2 Å². The van der Waals surface area contributed by atoms with Crippen LogP contribution in [0, 0.1) is 0 Å². The first-order valence-electron chi connectivity index (χ1n) is 5.03. The quantitative estimate of drug-likeness (QED) is 0.557. The second-order valence-electron chi connectivity index (χ2n) is 3.27. The van der Waals surface area contributed by atoms with Gasteiger partial charge in [-0.05, 0) is 6.42 Å². The van der Waals surface area contributed by atoms with Crippen molar-refractivity contribution >= 4 is 5.97 Å². The van der Waals surface area contributed by atoms with Crippen molar-refractivity contribution in [3.63, 3.8) is 0 Å². The number of aliphatic hydroxyl groups is 1. The summed E-state index contributed by atoms with van der Waals surface area (Å²) in [6.07, 6.45) is 5.03. The van der Waals surface area contributed by atoms with E-state index in [2.05, 4.69) is 4.98 Å². The summed E-state index contributed by atoms with van der Waals surface area (Å²) in [5.74, 6) is -0.273. The highest BCUT2D eigenvalue weighted by molar-refractivity contribution is 5.69. The molecule has 1 N–H and O–H groups in total. The van der Waals surface area contributed by atoms with E-state index in [0.717, 1.165) is 12.8 Å². The molecule has 0 bridgehead atoms. The highest BCUT2D eigenvalue weighted by atomic mass is 16.5. The minimum absolute atomic E-state index is 0.113. The van der Waals surface area contributed by atoms with Gasteiger partial charge in [0.1, 0.15) is 6.54 Å². The van der Waals surface area contributed by atoms with Crippen LogP contribution in [0.2, 0.25) is 0 Å². The van der Waals surface area contributed by atoms with Gasteiger partial charge in [0.15, 0.2) is 0 Å². The molecule has 1 aromatic heterocycles. The Balaban J connectivity index is 2.31. The van der Waals surface area contributed by atoms with Crippen molar-refractivity contribution < 1.29 is 14.6 Å². The molecular weight excluding hydrogens is 196 g/mol. The maximum absolute atomic E-state index is 11.3. The van der Waals surface area contributed by atoms with Gasteiger partial charge in [0.05, 0.1) is 25.2 Å². The molecule has 0 aliphatic rings. The Morgan fingerprint density at radius 1 is 1.67 bits per heavy atom. The maximum atomic E-state index is 11.3.